The Hall–Kier alpha value is -1.99. The summed E-state index contributed by atoms with van der Waals surface area (Å²) < 4.78 is 37.5. The van der Waals surface area contributed by atoms with Crippen LogP contribution in [0.5, 0.6) is 0 Å². The van der Waals surface area contributed by atoms with Gasteiger partial charge in [-0.1, -0.05) is 0 Å². The monoisotopic (exact) mass is 277 g/mol. The third kappa shape index (κ3) is 3.73. The van der Waals surface area contributed by atoms with Gasteiger partial charge in [0.25, 0.3) is 0 Å². The lowest BCUT2D eigenvalue weighted by atomic mass is 10.2. The number of halogens is 3. The van der Waals surface area contributed by atoms with Gasteiger partial charge in [0.15, 0.2) is 5.82 Å². The van der Waals surface area contributed by atoms with Crippen molar-refractivity contribution in [1.82, 2.24) is 4.98 Å². The molecule has 0 saturated heterocycles. The van der Waals surface area contributed by atoms with E-state index in [9.17, 15) is 18.0 Å². The fourth-order valence-corrected chi connectivity index (χ4v) is 1.57. The highest BCUT2D eigenvalue weighted by Crippen LogP contribution is 2.28. The first kappa shape index (κ1) is 15.1. The number of aromatic carboxylic acids is 1. The van der Waals surface area contributed by atoms with Crippen molar-refractivity contribution in [3.8, 4) is 0 Å². The van der Waals surface area contributed by atoms with Crippen LogP contribution >= 0.6 is 0 Å². The normalized spacial score (nSPS) is 11.7. The number of hydrogen-bond acceptors (Lipinski definition) is 4. The van der Waals surface area contributed by atoms with E-state index in [1.807, 2.05) is 0 Å². The summed E-state index contributed by atoms with van der Waals surface area (Å²) >= 11 is 0. The van der Waals surface area contributed by atoms with Gasteiger partial charge in [0.05, 0.1) is 11.3 Å². The molecule has 106 valence electrons. The number of anilines is 2. The largest absolute Gasteiger partial charge is 0.478 e. The first-order valence-corrected chi connectivity index (χ1v) is 5.44. The van der Waals surface area contributed by atoms with Crippen molar-refractivity contribution in [1.29, 1.82) is 0 Å². The number of hydrogen-bond donors (Lipinski definition) is 2. The molecule has 0 radical (unpaired) electrons. The van der Waals surface area contributed by atoms with Gasteiger partial charge >= 0.3 is 12.1 Å². The van der Waals surface area contributed by atoms with Gasteiger partial charge in [-0.25, -0.2) is 9.78 Å². The van der Waals surface area contributed by atoms with Crippen molar-refractivity contribution in [2.75, 3.05) is 17.2 Å². The Bertz CT molecular complexity index is 475. The SMILES string of the molecule is CC(C)N(CC(F)(F)F)c1nccc(C(=O)O)c1N. The molecule has 1 aromatic rings. The second-order valence-corrected chi connectivity index (χ2v) is 4.24. The van der Waals surface area contributed by atoms with E-state index < -0.39 is 24.7 Å². The summed E-state index contributed by atoms with van der Waals surface area (Å²) in [7, 11) is 0. The van der Waals surface area contributed by atoms with Gasteiger partial charge in [0.1, 0.15) is 6.54 Å². The number of carbonyl (C=O) groups is 1. The molecule has 0 spiro atoms. The molecule has 19 heavy (non-hydrogen) atoms. The van der Waals surface area contributed by atoms with Crippen molar-refractivity contribution in [2.24, 2.45) is 0 Å². The van der Waals surface area contributed by atoms with Gasteiger partial charge in [-0.3, -0.25) is 0 Å². The Balaban J connectivity index is 3.24. The van der Waals surface area contributed by atoms with E-state index in [0.717, 1.165) is 17.2 Å². The number of nitrogens with two attached hydrogens (primary N) is 1. The Labute approximate surface area is 107 Å². The number of alkyl halides is 3. The molecule has 0 aliphatic rings. The minimum absolute atomic E-state index is 0.174. The van der Waals surface area contributed by atoms with Crippen molar-refractivity contribution in [3.05, 3.63) is 17.8 Å². The number of rotatable bonds is 4. The topological polar surface area (TPSA) is 79.5 Å². The summed E-state index contributed by atoms with van der Waals surface area (Å²) in [5.41, 5.74) is 5.05. The summed E-state index contributed by atoms with van der Waals surface area (Å²) in [4.78, 5) is 15.6. The zero-order valence-corrected chi connectivity index (χ0v) is 10.4. The third-order valence-corrected chi connectivity index (χ3v) is 2.44. The second kappa shape index (κ2) is 5.33. The molecule has 0 atom stereocenters. The number of pyridine rings is 1. The fourth-order valence-electron chi connectivity index (χ4n) is 1.57. The molecule has 0 aliphatic carbocycles. The van der Waals surface area contributed by atoms with Crippen molar-refractivity contribution >= 4 is 17.5 Å². The van der Waals surface area contributed by atoms with Gasteiger partial charge in [-0.2, -0.15) is 13.2 Å². The number of carboxylic acid groups (broad SMARTS) is 1. The van der Waals surface area contributed by atoms with E-state index in [1.165, 1.54) is 0 Å². The summed E-state index contributed by atoms with van der Waals surface area (Å²) in [6.45, 7) is 1.84. The van der Waals surface area contributed by atoms with Crippen LogP contribution in [0.2, 0.25) is 0 Å². The number of carboxylic acids is 1. The quantitative estimate of drug-likeness (QED) is 0.881. The summed E-state index contributed by atoms with van der Waals surface area (Å²) in [6.07, 6.45) is -3.31. The van der Waals surface area contributed by atoms with Crippen molar-refractivity contribution in [2.45, 2.75) is 26.1 Å². The zero-order chi connectivity index (χ0) is 14.8. The van der Waals surface area contributed by atoms with E-state index in [1.54, 1.807) is 13.8 Å². The molecule has 1 heterocycles. The molecular weight excluding hydrogens is 263 g/mol. The van der Waals surface area contributed by atoms with Crippen molar-refractivity contribution in [3.63, 3.8) is 0 Å². The van der Waals surface area contributed by atoms with Crippen LogP contribution in [-0.4, -0.2) is 34.8 Å². The molecule has 1 rings (SSSR count). The minimum Gasteiger partial charge on any atom is -0.478 e. The zero-order valence-electron chi connectivity index (χ0n) is 10.4. The molecule has 8 heteroatoms. The second-order valence-electron chi connectivity index (χ2n) is 4.24. The van der Waals surface area contributed by atoms with Gasteiger partial charge in [0.2, 0.25) is 0 Å². The maximum absolute atomic E-state index is 12.5. The van der Waals surface area contributed by atoms with Crippen LogP contribution in [0, 0.1) is 0 Å². The maximum atomic E-state index is 12.5. The highest BCUT2D eigenvalue weighted by Gasteiger charge is 2.33. The van der Waals surface area contributed by atoms with Gasteiger partial charge in [-0.05, 0) is 19.9 Å². The number of nitrogens with zero attached hydrogens (tertiary/aromatic N) is 2. The molecule has 0 amide bonds. The van der Waals surface area contributed by atoms with E-state index in [4.69, 9.17) is 10.8 Å². The first-order chi connectivity index (χ1) is 8.63. The molecule has 0 unspecified atom stereocenters. The van der Waals surface area contributed by atoms with Crippen LogP contribution in [0.4, 0.5) is 24.7 Å². The van der Waals surface area contributed by atoms with Gasteiger partial charge < -0.3 is 15.7 Å². The molecule has 1 aromatic heterocycles. The highest BCUT2D eigenvalue weighted by molar-refractivity contribution is 5.96. The molecule has 5 nitrogen and oxygen atoms in total. The first-order valence-electron chi connectivity index (χ1n) is 5.44. The lowest BCUT2D eigenvalue weighted by Gasteiger charge is -2.29. The third-order valence-electron chi connectivity index (χ3n) is 2.44. The predicted molar refractivity (Wildman–Crippen MR) is 64.1 cm³/mol. The average molecular weight is 277 g/mol. The maximum Gasteiger partial charge on any atom is 0.405 e. The van der Waals surface area contributed by atoms with Crippen LogP contribution in [0.25, 0.3) is 0 Å². The molecule has 0 bridgehead atoms. The highest BCUT2D eigenvalue weighted by atomic mass is 19.4. The minimum atomic E-state index is -4.43. The Kier molecular flexibility index (Phi) is 4.23. The Morgan fingerprint density at radius 1 is 1.53 bits per heavy atom. The summed E-state index contributed by atoms with van der Waals surface area (Å²) in [5.74, 6) is -1.48. The lowest BCUT2D eigenvalue weighted by molar-refractivity contribution is -0.120. The average Bonchev–Trinajstić information content (AvgIpc) is 2.24. The summed E-state index contributed by atoms with van der Waals surface area (Å²) in [5, 5.41) is 8.89. The Morgan fingerprint density at radius 2 is 2.11 bits per heavy atom. The smallest absolute Gasteiger partial charge is 0.405 e. The lowest BCUT2D eigenvalue weighted by Crippen LogP contribution is -2.40. The van der Waals surface area contributed by atoms with Gasteiger partial charge in [0, 0.05) is 12.2 Å². The van der Waals surface area contributed by atoms with Crippen LogP contribution < -0.4 is 10.6 Å². The van der Waals surface area contributed by atoms with E-state index in [-0.39, 0.29) is 17.1 Å². The standard InChI is InChI=1S/C11H14F3N3O2/c1-6(2)17(5-11(12,13)14)9-8(15)7(10(18)19)3-4-16-9/h3-4,6H,5,15H2,1-2H3,(H,18,19). The van der Waals surface area contributed by atoms with Crippen LogP contribution in [-0.2, 0) is 0 Å². The van der Waals surface area contributed by atoms with E-state index in [0.29, 0.717) is 0 Å². The fraction of sp³-hybridized carbons (Fsp3) is 0.455. The molecule has 0 aromatic carbocycles. The van der Waals surface area contributed by atoms with E-state index >= 15 is 0 Å². The molecule has 0 fully saturated rings. The molecule has 0 aliphatic heterocycles. The van der Waals surface area contributed by atoms with Crippen molar-refractivity contribution < 1.29 is 23.1 Å². The van der Waals surface area contributed by atoms with Crippen LogP contribution in [0.1, 0.15) is 24.2 Å². The van der Waals surface area contributed by atoms with E-state index in [2.05, 4.69) is 4.98 Å². The molecule has 3 N–H and O–H groups in total. The molecule has 0 saturated carbocycles. The number of aromatic nitrogens is 1. The summed E-state index contributed by atoms with van der Waals surface area (Å²) in [6, 6.07) is 0.619. The molecular formula is C11H14F3N3O2. The van der Waals surface area contributed by atoms with Gasteiger partial charge in [-0.15, -0.1) is 0 Å². The van der Waals surface area contributed by atoms with Crippen LogP contribution in [0.15, 0.2) is 12.3 Å². The predicted octanol–water partition coefficient (Wildman–Crippen LogP) is 2.14. The Morgan fingerprint density at radius 3 is 2.53 bits per heavy atom. The number of nitrogen functional groups attached to an aromatic ring is 1. The van der Waals surface area contributed by atoms with Crippen LogP contribution in [0.3, 0.4) is 0 Å².